The summed E-state index contributed by atoms with van der Waals surface area (Å²) in [6.45, 7) is 11.4. The topological polar surface area (TPSA) is 25.2 Å². The Labute approximate surface area is 106 Å². The van der Waals surface area contributed by atoms with Crippen LogP contribution in [0.15, 0.2) is 21.2 Å². The Kier molecular flexibility index (Phi) is 2.75. The molecule has 90 valence electrons. The number of hydrogen-bond acceptors (Lipinski definition) is 2. The lowest BCUT2D eigenvalue weighted by molar-refractivity contribution is 0.398. The maximum atomic E-state index is 5.56. The van der Waals surface area contributed by atoms with Crippen molar-refractivity contribution in [1.29, 1.82) is 0 Å². The normalized spacial score (nSPS) is 24.4. The van der Waals surface area contributed by atoms with Gasteiger partial charge in [0.2, 0.25) is 0 Å². The van der Waals surface area contributed by atoms with Crippen LogP contribution in [0, 0.1) is 10.8 Å². The molecule has 0 spiro atoms. The maximum absolute atomic E-state index is 5.56. The molecule has 1 fully saturated rings. The van der Waals surface area contributed by atoms with Crippen LogP contribution in [0.5, 0.6) is 0 Å². The lowest BCUT2D eigenvalue weighted by atomic mass is 10.0. The first kappa shape index (κ1) is 12.2. The summed E-state index contributed by atoms with van der Waals surface area (Å²) in [5.41, 5.74) is 0.732. The second kappa shape index (κ2) is 3.61. The second-order valence-electron chi connectivity index (χ2n) is 5.91. The second-order valence-corrected chi connectivity index (χ2v) is 6.69. The van der Waals surface area contributed by atoms with E-state index in [-0.39, 0.29) is 6.04 Å². The molecule has 2 rings (SSSR count). The first-order chi connectivity index (χ1) is 7.26. The van der Waals surface area contributed by atoms with Gasteiger partial charge in [-0.25, -0.2) is 0 Å². The van der Waals surface area contributed by atoms with Crippen LogP contribution in [-0.2, 0) is 0 Å². The van der Waals surface area contributed by atoms with E-state index in [0.29, 0.717) is 16.9 Å². The Morgan fingerprint density at radius 2 is 1.81 bits per heavy atom. The van der Waals surface area contributed by atoms with E-state index in [9.17, 15) is 0 Å². The van der Waals surface area contributed by atoms with Crippen molar-refractivity contribution in [3.63, 3.8) is 0 Å². The smallest absolute Gasteiger partial charge is 0.169 e. The minimum absolute atomic E-state index is 0.261. The molecule has 1 N–H and O–H groups in total. The summed E-state index contributed by atoms with van der Waals surface area (Å²) < 4.78 is 6.36. The van der Waals surface area contributed by atoms with Crippen molar-refractivity contribution in [3.8, 4) is 0 Å². The maximum Gasteiger partial charge on any atom is 0.169 e. The highest BCUT2D eigenvalue weighted by molar-refractivity contribution is 9.10. The molecule has 1 unspecified atom stereocenters. The van der Waals surface area contributed by atoms with E-state index in [4.69, 9.17) is 4.42 Å². The molecule has 0 radical (unpaired) electrons. The summed E-state index contributed by atoms with van der Waals surface area (Å²) in [6, 6.07) is 4.78. The van der Waals surface area contributed by atoms with Crippen LogP contribution in [0.2, 0.25) is 0 Å². The Bertz CT molecular complexity index is 380. The molecule has 1 heterocycles. The van der Waals surface area contributed by atoms with Crippen molar-refractivity contribution < 1.29 is 4.42 Å². The van der Waals surface area contributed by atoms with Gasteiger partial charge in [0.1, 0.15) is 5.76 Å². The standard InChI is InChI=1S/C13H20BrNO/c1-8(9-6-7-10(14)16-9)15-11-12(2,3)13(11,4)5/h6-8,11,15H,1-5H3. The molecule has 1 saturated carbocycles. The van der Waals surface area contributed by atoms with E-state index in [0.717, 1.165) is 10.4 Å². The fraction of sp³-hybridized carbons (Fsp3) is 0.692. The molecule has 2 nitrogen and oxygen atoms in total. The van der Waals surface area contributed by atoms with E-state index < -0.39 is 0 Å². The molecule has 0 aromatic carbocycles. The van der Waals surface area contributed by atoms with Crippen LogP contribution in [0.1, 0.15) is 46.4 Å². The molecular weight excluding hydrogens is 266 g/mol. The van der Waals surface area contributed by atoms with E-state index in [1.54, 1.807) is 0 Å². The quantitative estimate of drug-likeness (QED) is 0.904. The van der Waals surface area contributed by atoms with Gasteiger partial charge >= 0.3 is 0 Å². The number of nitrogens with one attached hydrogen (secondary N) is 1. The Hall–Kier alpha value is -0.280. The zero-order valence-corrected chi connectivity index (χ0v) is 12.2. The highest BCUT2D eigenvalue weighted by atomic mass is 79.9. The molecule has 1 aliphatic rings. The third kappa shape index (κ3) is 1.74. The first-order valence-electron chi connectivity index (χ1n) is 5.78. The largest absolute Gasteiger partial charge is 0.453 e. The molecule has 0 aliphatic heterocycles. The molecule has 3 heteroatoms. The predicted octanol–water partition coefficient (Wildman–Crippen LogP) is 4.13. The summed E-state index contributed by atoms with van der Waals surface area (Å²) in [5.74, 6) is 0.991. The van der Waals surface area contributed by atoms with Crippen molar-refractivity contribution in [2.45, 2.75) is 46.7 Å². The number of halogens is 1. The summed E-state index contributed by atoms with van der Waals surface area (Å²) >= 11 is 3.33. The molecule has 0 saturated heterocycles. The van der Waals surface area contributed by atoms with E-state index in [1.165, 1.54) is 0 Å². The summed E-state index contributed by atoms with van der Waals surface area (Å²) in [5, 5.41) is 3.65. The molecule has 1 aromatic rings. The predicted molar refractivity (Wildman–Crippen MR) is 69.3 cm³/mol. The zero-order valence-electron chi connectivity index (χ0n) is 10.6. The highest BCUT2D eigenvalue weighted by Gasteiger charge is 2.64. The number of hydrogen-bond donors (Lipinski definition) is 1. The van der Waals surface area contributed by atoms with Crippen molar-refractivity contribution in [1.82, 2.24) is 5.32 Å². The highest BCUT2D eigenvalue weighted by Crippen LogP contribution is 2.63. The average molecular weight is 286 g/mol. The fourth-order valence-corrected chi connectivity index (χ4v) is 2.83. The third-order valence-electron chi connectivity index (χ3n) is 4.46. The first-order valence-corrected chi connectivity index (χ1v) is 6.57. The SMILES string of the molecule is CC(NC1C(C)(C)C1(C)C)c1ccc(Br)o1. The molecule has 0 amide bonds. The van der Waals surface area contributed by atoms with Crippen molar-refractivity contribution in [2.24, 2.45) is 10.8 Å². The molecule has 1 atom stereocenters. The van der Waals surface area contributed by atoms with Crippen molar-refractivity contribution >= 4 is 15.9 Å². The van der Waals surface area contributed by atoms with Crippen LogP contribution < -0.4 is 5.32 Å². The van der Waals surface area contributed by atoms with E-state index >= 15 is 0 Å². The van der Waals surface area contributed by atoms with Gasteiger partial charge in [-0.3, -0.25) is 0 Å². The summed E-state index contributed by atoms with van der Waals surface area (Å²) in [7, 11) is 0. The Morgan fingerprint density at radius 3 is 2.19 bits per heavy atom. The van der Waals surface area contributed by atoms with Gasteiger partial charge in [0.25, 0.3) is 0 Å². The van der Waals surface area contributed by atoms with Crippen LogP contribution in [0.4, 0.5) is 0 Å². The number of furan rings is 1. The van der Waals surface area contributed by atoms with E-state index in [1.807, 2.05) is 12.1 Å². The molecular formula is C13H20BrNO. The lowest BCUT2D eigenvalue weighted by Crippen LogP contribution is -2.25. The summed E-state index contributed by atoms with van der Waals surface area (Å²) in [6.07, 6.45) is 0. The Balaban J connectivity index is 2.03. The van der Waals surface area contributed by atoms with Gasteiger partial charge in [-0.2, -0.15) is 0 Å². The van der Waals surface area contributed by atoms with Gasteiger partial charge in [0, 0.05) is 6.04 Å². The molecule has 16 heavy (non-hydrogen) atoms. The van der Waals surface area contributed by atoms with Crippen LogP contribution in [0.3, 0.4) is 0 Å². The average Bonchev–Trinajstić information content (AvgIpc) is 2.58. The Morgan fingerprint density at radius 1 is 1.25 bits per heavy atom. The minimum Gasteiger partial charge on any atom is -0.453 e. The molecule has 1 aromatic heterocycles. The van der Waals surface area contributed by atoms with E-state index in [2.05, 4.69) is 55.9 Å². The van der Waals surface area contributed by atoms with Crippen molar-refractivity contribution in [3.05, 3.63) is 22.6 Å². The third-order valence-corrected chi connectivity index (χ3v) is 4.88. The monoisotopic (exact) mass is 285 g/mol. The van der Waals surface area contributed by atoms with Crippen LogP contribution in [0.25, 0.3) is 0 Å². The van der Waals surface area contributed by atoms with Gasteiger partial charge in [0.05, 0.1) is 6.04 Å². The van der Waals surface area contributed by atoms with Crippen LogP contribution >= 0.6 is 15.9 Å². The zero-order chi connectivity index (χ0) is 12.1. The molecule has 0 bridgehead atoms. The fourth-order valence-electron chi connectivity index (χ4n) is 2.51. The van der Waals surface area contributed by atoms with Gasteiger partial charge in [-0.1, -0.05) is 27.7 Å². The van der Waals surface area contributed by atoms with Crippen LogP contribution in [-0.4, -0.2) is 6.04 Å². The van der Waals surface area contributed by atoms with Gasteiger partial charge in [-0.05, 0) is 45.8 Å². The lowest BCUT2D eigenvalue weighted by Gasteiger charge is -2.12. The van der Waals surface area contributed by atoms with Gasteiger partial charge in [0.15, 0.2) is 4.67 Å². The van der Waals surface area contributed by atoms with Gasteiger partial charge in [-0.15, -0.1) is 0 Å². The molecule has 1 aliphatic carbocycles. The van der Waals surface area contributed by atoms with Crippen molar-refractivity contribution in [2.75, 3.05) is 0 Å². The van der Waals surface area contributed by atoms with Gasteiger partial charge < -0.3 is 9.73 Å². The number of rotatable bonds is 3. The minimum atomic E-state index is 0.261. The summed E-state index contributed by atoms with van der Waals surface area (Å²) in [4.78, 5) is 0.